The van der Waals surface area contributed by atoms with E-state index in [4.69, 9.17) is 0 Å². The molecule has 2 rings (SSSR count). The van der Waals surface area contributed by atoms with Gasteiger partial charge >= 0.3 is 0 Å². The summed E-state index contributed by atoms with van der Waals surface area (Å²) in [5.74, 6) is -2.30. The molecule has 0 aromatic heterocycles. The van der Waals surface area contributed by atoms with Crippen LogP contribution in [0.25, 0.3) is 0 Å². The van der Waals surface area contributed by atoms with Crippen molar-refractivity contribution in [2.75, 3.05) is 6.54 Å². The van der Waals surface area contributed by atoms with Crippen LogP contribution in [0.3, 0.4) is 0 Å². The van der Waals surface area contributed by atoms with Gasteiger partial charge in [0.15, 0.2) is 0 Å². The van der Waals surface area contributed by atoms with E-state index < -0.39 is 5.92 Å². The monoisotopic (exact) mass is 213 g/mol. The van der Waals surface area contributed by atoms with Gasteiger partial charge in [0.1, 0.15) is 0 Å². The number of nitrogens with one attached hydrogen (secondary N) is 1. The SMILES string of the molecule is CC(F)(F)C1=CCC(CNC2CC2)C=C1. The predicted octanol–water partition coefficient (Wildman–Crippen LogP) is 2.90. The Hall–Kier alpha value is -0.700. The fraction of sp³-hybridized carbons (Fsp3) is 0.667. The average Bonchev–Trinajstić information content (AvgIpc) is 2.97. The minimum Gasteiger partial charge on any atom is -0.313 e. The first kappa shape index (κ1) is 10.8. The fourth-order valence-corrected chi connectivity index (χ4v) is 1.75. The minimum absolute atomic E-state index is 0.158. The lowest BCUT2D eigenvalue weighted by atomic mass is 9.94. The molecular formula is C12H17F2N. The molecule has 1 nitrogen and oxygen atoms in total. The maximum absolute atomic E-state index is 12.9. The summed E-state index contributed by atoms with van der Waals surface area (Å²) in [6.07, 6.45) is 8.41. The standard InChI is InChI=1S/C12H17F2N/c1-12(13,14)10-4-2-9(3-5-10)8-15-11-6-7-11/h2,4-5,9,11,15H,3,6-8H2,1H3. The van der Waals surface area contributed by atoms with Crippen molar-refractivity contribution in [3.05, 3.63) is 23.8 Å². The summed E-state index contributed by atoms with van der Waals surface area (Å²) in [6, 6.07) is 0.691. The normalized spacial score (nSPS) is 26.6. The highest BCUT2D eigenvalue weighted by Gasteiger charge is 2.27. The number of hydrogen-bond donors (Lipinski definition) is 1. The van der Waals surface area contributed by atoms with Gasteiger partial charge in [-0.25, -0.2) is 8.78 Å². The van der Waals surface area contributed by atoms with E-state index in [9.17, 15) is 8.78 Å². The fourth-order valence-electron chi connectivity index (χ4n) is 1.75. The average molecular weight is 213 g/mol. The third kappa shape index (κ3) is 3.13. The van der Waals surface area contributed by atoms with E-state index in [1.807, 2.05) is 6.08 Å². The summed E-state index contributed by atoms with van der Waals surface area (Å²) in [5, 5.41) is 3.41. The first-order valence-electron chi connectivity index (χ1n) is 5.56. The van der Waals surface area contributed by atoms with Crippen LogP contribution in [0.5, 0.6) is 0 Å². The largest absolute Gasteiger partial charge is 0.313 e. The van der Waals surface area contributed by atoms with Crippen molar-refractivity contribution in [2.24, 2.45) is 5.92 Å². The molecule has 0 aliphatic heterocycles. The highest BCUT2D eigenvalue weighted by Crippen LogP contribution is 2.29. The number of halogens is 2. The summed E-state index contributed by atoms with van der Waals surface area (Å²) in [6.45, 7) is 1.87. The lowest BCUT2D eigenvalue weighted by Crippen LogP contribution is -2.25. The van der Waals surface area contributed by atoms with Crippen molar-refractivity contribution in [3.8, 4) is 0 Å². The van der Waals surface area contributed by atoms with Gasteiger partial charge < -0.3 is 5.32 Å². The van der Waals surface area contributed by atoms with Crippen LogP contribution < -0.4 is 5.32 Å². The van der Waals surface area contributed by atoms with Gasteiger partial charge in [0.2, 0.25) is 0 Å². The second-order valence-electron chi connectivity index (χ2n) is 4.59. The number of hydrogen-bond acceptors (Lipinski definition) is 1. The van der Waals surface area contributed by atoms with E-state index in [0.717, 1.165) is 19.9 Å². The van der Waals surface area contributed by atoms with E-state index in [1.165, 1.54) is 12.8 Å². The molecule has 1 N–H and O–H groups in total. The number of rotatable bonds is 4. The van der Waals surface area contributed by atoms with E-state index >= 15 is 0 Å². The zero-order chi connectivity index (χ0) is 10.9. The van der Waals surface area contributed by atoms with E-state index in [1.54, 1.807) is 12.2 Å². The topological polar surface area (TPSA) is 12.0 Å². The maximum Gasteiger partial charge on any atom is 0.270 e. The van der Waals surface area contributed by atoms with Gasteiger partial charge in [-0.05, 0) is 25.2 Å². The Morgan fingerprint density at radius 1 is 1.47 bits per heavy atom. The third-order valence-electron chi connectivity index (χ3n) is 2.94. The van der Waals surface area contributed by atoms with Crippen LogP contribution in [0, 0.1) is 5.92 Å². The zero-order valence-electron chi connectivity index (χ0n) is 8.97. The molecule has 84 valence electrons. The molecule has 0 heterocycles. The van der Waals surface area contributed by atoms with Gasteiger partial charge in [-0.1, -0.05) is 18.2 Å². The van der Waals surface area contributed by atoms with Crippen molar-refractivity contribution < 1.29 is 8.78 Å². The maximum atomic E-state index is 12.9. The highest BCUT2D eigenvalue weighted by atomic mass is 19.3. The summed E-state index contributed by atoms with van der Waals surface area (Å²) >= 11 is 0. The Bertz CT molecular complexity index is 284. The Labute approximate surface area is 89.2 Å². The molecule has 0 aromatic rings. The van der Waals surface area contributed by atoms with Gasteiger partial charge in [-0.3, -0.25) is 0 Å². The second kappa shape index (κ2) is 4.05. The third-order valence-corrected chi connectivity index (χ3v) is 2.94. The van der Waals surface area contributed by atoms with Crippen molar-refractivity contribution in [1.29, 1.82) is 0 Å². The molecule has 0 bridgehead atoms. The summed E-state index contributed by atoms with van der Waals surface area (Å²) in [4.78, 5) is 0. The van der Waals surface area contributed by atoms with Crippen LogP contribution in [-0.2, 0) is 0 Å². The molecule has 1 fully saturated rings. The van der Waals surface area contributed by atoms with Crippen LogP contribution in [0.15, 0.2) is 23.8 Å². The van der Waals surface area contributed by atoms with Crippen LogP contribution in [0.2, 0.25) is 0 Å². The minimum atomic E-state index is -2.69. The van der Waals surface area contributed by atoms with Crippen LogP contribution >= 0.6 is 0 Å². The van der Waals surface area contributed by atoms with Gasteiger partial charge in [0, 0.05) is 25.1 Å². The molecule has 15 heavy (non-hydrogen) atoms. The molecule has 0 aromatic carbocycles. The lowest BCUT2D eigenvalue weighted by molar-refractivity contribution is 0.0666. The first-order valence-corrected chi connectivity index (χ1v) is 5.56. The smallest absolute Gasteiger partial charge is 0.270 e. The summed E-state index contributed by atoms with van der Waals surface area (Å²) in [7, 11) is 0. The molecule has 0 radical (unpaired) electrons. The number of allylic oxidation sites excluding steroid dienone is 3. The molecule has 1 atom stereocenters. The molecule has 2 aliphatic carbocycles. The number of alkyl halides is 2. The zero-order valence-corrected chi connectivity index (χ0v) is 8.97. The molecule has 0 amide bonds. The van der Waals surface area contributed by atoms with Crippen LogP contribution in [0.4, 0.5) is 8.78 Å². The summed E-state index contributed by atoms with van der Waals surface area (Å²) in [5.41, 5.74) is 0.158. The second-order valence-corrected chi connectivity index (χ2v) is 4.59. The quantitative estimate of drug-likeness (QED) is 0.757. The van der Waals surface area contributed by atoms with Crippen molar-refractivity contribution in [1.82, 2.24) is 5.32 Å². The first-order chi connectivity index (χ1) is 7.05. The van der Waals surface area contributed by atoms with Gasteiger partial charge in [0.25, 0.3) is 5.92 Å². The van der Waals surface area contributed by atoms with Crippen LogP contribution in [0.1, 0.15) is 26.2 Å². The molecule has 0 saturated heterocycles. The Kier molecular flexibility index (Phi) is 2.91. The van der Waals surface area contributed by atoms with E-state index in [0.29, 0.717) is 12.0 Å². The molecular weight excluding hydrogens is 196 g/mol. The molecule has 3 heteroatoms. The molecule has 1 unspecified atom stereocenters. The molecule has 0 spiro atoms. The van der Waals surface area contributed by atoms with Gasteiger partial charge in [-0.2, -0.15) is 0 Å². The van der Waals surface area contributed by atoms with Crippen molar-refractivity contribution >= 4 is 0 Å². The molecule has 1 saturated carbocycles. The van der Waals surface area contributed by atoms with Crippen molar-refractivity contribution in [2.45, 2.75) is 38.2 Å². The van der Waals surface area contributed by atoms with E-state index in [-0.39, 0.29) is 5.57 Å². The summed E-state index contributed by atoms with van der Waals surface area (Å²) < 4.78 is 25.8. The molecule has 2 aliphatic rings. The Morgan fingerprint density at radius 2 is 2.20 bits per heavy atom. The Balaban J connectivity index is 1.80. The van der Waals surface area contributed by atoms with Crippen molar-refractivity contribution in [3.63, 3.8) is 0 Å². The van der Waals surface area contributed by atoms with Crippen LogP contribution in [-0.4, -0.2) is 18.5 Å². The van der Waals surface area contributed by atoms with E-state index in [2.05, 4.69) is 5.32 Å². The van der Waals surface area contributed by atoms with Gasteiger partial charge in [-0.15, -0.1) is 0 Å². The lowest BCUT2D eigenvalue weighted by Gasteiger charge is -2.19. The highest BCUT2D eigenvalue weighted by molar-refractivity contribution is 5.29. The predicted molar refractivity (Wildman–Crippen MR) is 57.0 cm³/mol. The van der Waals surface area contributed by atoms with Gasteiger partial charge in [0.05, 0.1) is 0 Å². The Morgan fingerprint density at radius 3 is 2.67 bits per heavy atom.